The van der Waals surface area contributed by atoms with Crippen LogP contribution in [0.15, 0.2) is 18.2 Å². The van der Waals surface area contributed by atoms with Gasteiger partial charge in [0.1, 0.15) is 0 Å². The van der Waals surface area contributed by atoms with Crippen LogP contribution in [0.3, 0.4) is 0 Å². The van der Waals surface area contributed by atoms with Crippen molar-refractivity contribution in [3.05, 3.63) is 29.3 Å². The zero-order chi connectivity index (χ0) is 13.0. The molecule has 2 N–H and O–H groups in total. The van der Waals surface area contributed by atoms with Crippen LogP contribution < -0.4 is 10.6 Å². The Morgan fingerprint density at radius 1 is 1.33 bits per heavy atom. The minimum absolute atomic E-state index is 0.441. The highest BCUT2D eigenvalue weighted by atomic mass is 16.5. The Balaban J connectivity index is 2.09. The highest BCUT2D eigenvalue weighted by molar-refractivity contribution is 5.59. The molecule has 0 aliphatic carbocycles. The standard InChI is InChI=1S/C15H24N2O/c1-3-18-14-7-9-17(10-8-14)15-12(2)5-4-6-13(15)11-16/h4-6,14H,3,7-11,16H2,1-2H3. The van der Waals surface area contributed by atoms with Crippen molar-refractivity contribution in [1.29, 1.82) is 0 Å². The summed E-state index contributed by atoms with van der Waals surface area (Å²) in [6.45, 7) is 7.82. The van der Waals surface area contributed by atoms with Gasteiger partial charge in [-0.25, -0.2) is 0 Å². The third-order valence-corrected chi connectivity index (χ3v) is 3.70. The van der Waals surface area contributed by atoms with Crippen LogP contribution in [0.2, 0.25) is 0 Å². The number of ether oxygens (including phenoxy) is 1. The number of anilines is 1. The van der Waals surface area contributed by atoms with Gasteiger partial charge < -0.3 is 15.4 Å². The first-order valence-corrected chi connectivity index (χ1v) is 6.91. The van der Waals surface area contributed by atoms with Crippen LogP contribution in [0.5, 0.6) is 0 Å². The molecule has 1 aliphatic heterocycles. The molecule has 1 aliphatic rings. The van der Waals surface area contributed by atoms with E-state index in [1.54, 1.807) is 0 Å². The Morgan fingerprint density at radius 2 is 2.06 bits per heavy atom. The monoisotopic (exact) mass is 248 g/mol. The predicted molar refractivity (Wildman–Crippen MR) is 75.9 cm³/mol. The van der Waals surface area contributed by atoms with Gasteiger partial charge in [0.15, 0.2) is 0 Å². The lowest BCUT2D eigenvalue weighted by molar-refractivity contribution is 0.0459. The van der Waals surface area contributed by atoms with E-state index in [2.05, 4.69) is 36.9 Å². The lowest BCUT2D eigenvalue weighted by Gasteiger charge is -2.35. The van der Waals surface area contributed by atoms with E-state index in [9.17, 15) is 0 Å². The lowest BCUT2D eigenvalue weighted by atomic mass is 10.0. The third-order valence-electron chi connectivity index (χ3n) is 3.70. The molecule has 2 rings (SSSR count). The summed E-state index contributed by atoms with van der Waals surface area (Å²) in [5.41, 5.74) is 9.77. The van der Waals surface area contributed by atoms with Gasteiger partial charge >= 0.3 is 0 Å². The first-order chi connectivity index (χ1) is 8.76. The Kier molecular flexibility index (Phi) is 4.61. The maximum atomic E-state index is 5.85. The minimum atomic E-state index is 0.441. The molecule has 18 heavy (non-hydrogen) atoms. The van der Waals surface area contributed by atoms with Gasteiger partial charge in [0.05, 0.1) is 6.10 Å². The van der Waals surface area contributed by atoms with Crippen molar-refractivity contribution in [1.82, 2.24) is 0 Å². The second kappa shape index (κ2) is 6.21. The number of rotatable bonds is 4. The van der Waals surface area contributed by atoms with Crippen LogP contribution in [0.1, 0.15) is 30.9 Å². The van der Waals surface area contributed by atoms with E-state index in [1.165, 1.54) is 16.8 Å². The van der Waals surface area contributed by atoms with Gasteiger partial charge in [-0.15, -0.1) is 0 Å². The Morgan fingerprint density at radius 3 is 2.67 bits per heavy atom. The fourth-order valence-electron chi connectivity index (χ4n) is 2.82. The molecule has 0 spiro atoms. The van der Waals surface area contributed by atoms with Crippen LogP contribution in [0.25, 0.3) is 0 Å². The molecule has 1 heterocycles. The fraction of sp³-hybridized carbons (Fsp3) is 0.600. The maximum absolute atomic E-state index is 5.85. The molecule has 3 nitrogen and oxygen atoms in total. The SMILES string of the molecule is CCOC1CCN(c2c(C)cccc2CN)CC1. The van der Waals surface area contributed by atoms with Gasteiger partial charge in [0.2, 0.25) is 0 Å². The average Bonchev–Trinajstić information content (AvgIpc) is 2.40. The zero-order valence-electron chi connectivity index (χ0n) is 11.5. The molecule has 1 aromatic rings. The normalized spacial score (nSPS) is 17.2. The summed E-state index contributed by atoms with van der Waals surface area (Å²) in [4.78, 5) is 2.47. The zero-order valence-corrected chi connectivity index (χ0v) is 11.5. The van der Waals surface area contributed by atoms with Crippen molar-refractivity contribution < 1.29 is 4.74 Å². The molecular weight excluding hydrogens is 224 g/mol. The van der Waals surface area contributed by atoms with Crippen molar-refractivity contribution in [3.63, 3.8) is 0 Å². The first kappa shape index (κ1) is 13.4. The van der Waals surface area contributed by atoms with E-state index >= 15 is 0 Å². The summed E-state index contributed by atoms with van der Waals surface area (Å²) in [7, 11) is 0. The molecule has 0 saturated carbocycles. The summed E-state index contributed by atoms with van der Waals surface area (Å²) < 4.78 is 5.70. The lowest BCUT2D eigenvalue weighted by Crippen LogP contribution is -2.38. The molecular formula is C15H24N2O. The quantitative estimate of drug-likeness (QED) is 0.889. The number of aryl methyl sites for hydroxylation is 1. The van der Waals surface area contributed by atoms with Crippen LogP contribution in [0, 0.1) is 6.92 Å². The number of nitrogens with zero attached hydrogens (tertiary/aromatic N) is 1. The highest BCUT2D eigenvalue weighted by Crippen LogP contribution is 2.28. The summed E-state index contributed by atoms with van der Waals surface area (Å²) in [5, 5.41) is 0. The van der Waals surface area contributed by atoms with E-state index in [4.69, 9.17) is 10.5 Å². The molecule has 0 unspecified atom stereocenters. The van der Waals surface area contributed by atoms with Gasteiger partial charge in [-0.2, -0.15) is 0 Å². The van der Waals surface area contributed by atoms with Gasteiger partial charge in [-0.3, -0.25) is 0 Å². The van der Waals surface area contributed by atoms with Crippen molar-refractivity contribution in [2.24, 2.45) is 5.73 Å². The molecule has 0 bridgehead atoms. The van der Waals surface area contributed by atoms with Gasteiger partial charge in [-0.1, -0.05) is 18.2 Å². The molecule has 0 amide bonds. The number of hydrogen-bond donors (Lipinski definition) is 1. The van der Waals surface area contributed by atoms with Gasteiger partial charge in [0.25, 0.3) is 0 Å². The molecule has 1 fully saturated rings. The highest BCUT2D eigenvalue weighted by Gasteiger charge is 2.21. The summed E-state index contributed by atoms with van der Waals surface area (Å²) >= 11 is 0. The number of benzene rings is 1. The van der Waals surface area contributed by atoms with Crippen LogP contribution in [-0.4, -0.2) is 25.8 Å². The summed E-state index contributed by atoms with van der Waals surface area (Å²) in [6.07, 6.45) is 2.68. The van der Waals surface area contributed by atoms with Gasteiger partial charge in [0, 0.05) is 31.9 Å². The number of hydrogen-bond acceptors (Lipinski definition) is 3. The van der Waals surface area contributed by atoms with Crippen molar-refractivity contribution in [2.45, 2.75) is 39.3 Å². The average molecular weight is 248 g/mol. The molecule has 0 atom stereocenters. The van der Waals surface area contributed by atoms with E-state index in [-0.39, 0.29) is 0 Å². The Labute approximate surface area is 110 Å². The smallest absolute Gasteiger partial charge is 0.0608 e. The first-order valence-electron chi connectivity index (χ1n) is 6.91. The van der Waals surface area contributed by atoms with Crippen LogP contribution >= 0.6 is 0 Å². The molecule has 0 radical (unpaired) electrons. The summed E-state index contributed by atoms with van der Waals surface area (Å²) in [6, 6.07) is 6.40. The number of nitrogens with two attached hydrogens (primary N) is 1. The molecule has 3 heteroatoms. The molecule has 100 valence electrons. The van der Waals surface area contributed by atoms with Crippen molar-refractivity contribution >= 4 is 5.69 Å². The molecule has 0 aromatic heterocycles. The minimum Gasteiger partial charge on any atom is -0.378 e. The van der Waals surface area contributed by atoms with Crippen molar-refractivity contribution in [2.75, 3.05) is 24.6 Å². The number of para-hydroxylation sites is 1. The predicted octanol–water partition coefficient (Wildman–Crippen LogP) is 2.46. The number of piperidine rings is 1. The third kappa shape index (κ3) is 2.85. The van der Waals surface area contributed by atoms with E-state index < -0.39 is 0 Å². The Bertz CT molecular complexity index is 384. The fourth-order valence-corrected chi connectivity index (χ4v) is 2.82. The second-order valence-electron chi connectivity index (χ2n) is 4.93. The van der Waals surface area contributed by atoms with E-state index in [0.717, 1.165) is 32.5 Å². The molecule has 1 aromatic carbocycles. The maximum Gasteiger partial charge on any atom is 0.0608 e. The second-order valence-corrected chi connectivity index (χ2v) is 4.93. The van der Waals surface area contributed by atoms with Crippen molar-refractivity contribution in [3.8, 4) is 0 Å². The van der Waals surface area contributed by atoms with E-state index in [1.807, 2.05) is 0 Å². The Hall–Kier alpha value is -1.06. The summed E-state index contributed by atoms with van der Waals surface area (Å²) in [5.74, 6) is 0. The largest absolute Gasteiger partial charge is 0.378 e. The van der Waals surface area contributed by atoms with Crippen LogP contribution in [0.4, 0.5) is 5.69 Å². The van der Waals surface area contributed by atoms with Crippen LogP contribution in [-0.2, 0) is 11.3 Å². The van der Waals surface area contributed by atoms with E-state index in [0.29, 0.717) is 12.6 Å². The molecule has 1 saturated heterocycles. The van der Waals surface area contributed by atoms with Gasteiger partial charge in [-0.05, 0) is 37.8 Å². The topological polar surface area (TPSA) is 38.5 Å².